The van der Waals surface area contributed by atoms with Crippen LogP contribution in [0, 0.1) is 0 Å². The summed E-state index contributed by atoms with van der Waals surface area (Å²) in [6, 6.07) is 29.5. The highest BCUT2D eigenvalue weighted by Crippen LogP contribution is 2.21. The fraction of sp³-hybridized carbons (Fsp3) is 0.310. The first-order valence-corrected chi connectivity index (χ1v) is 12.1. The summed E-state index contributed by atoms with van der Waals surface area (Å²) in [6.07, 6.45) is 1.65. The maximum atomic E-state index is 12.4. The number of likely N-dealkylation sites (N-methyl/N-ethyl adjacent to an activating group) is 1. The second-order valence-corrected chi connectivity index (χ2v) is 8.79. The van der Waals surface area contributed by atoms with Crippen molar-refractivity contribution < 1.29 is 14.7 Å². The Labute approximate surface area is 208 Å². The number of carbonyl (C=O) groups excluding carboxylic acids is 1. The molecular formula is C29H35N3O3. The van der Waals surface area contributed by atoms with Crippen LogP contribution in [0.1, 0.15) is 35.4 Å². The molecule has 0 saturated carbocycles. The molecule has 0 bridgehead atoms. The van der Waals surface area contributed by atoms with Crippen molar-refractivity contribution in [3.05, 3.63) is 108 Å². The predicted octanol–water partition coefficient (Wildman–Crippen LogP) is 4.34. The number of carboxylic acid groups (broad SMARTS) is 1. The van der Waals surface area contributed by atoms with E-state index in [0.717, 1.165) is 17.7 Å². The average Bonchev–Trinajstić information content (AvgIpc) is 2.87. The molecule has 0 heterocycles. The zero-order chi connectivity index (χ0) is 24.9. The van der Waals surface area contributed by atoms with E-state index in [4.69, 9.17) is 0 Å². The van der Waals surface area contributed by atoms with Gasteiger partial charge in [0.15, 0.2) is 0 Å². The Morgan fingerprint density at radius 1 is 0.800 bits per heavy atom. The van der Waals surface area contributed by atoms with Gasteiger partial charge in [0, 0.05) is 33.1 Å². The van der Waals surface area contributed by atoms with Crippen molar-refractivity contribution in [3.63, 3.8) is 0 Å². The Balaban J connectivity index is 1.54. The Bertz CT molecular complexity index is 1030. The van der Waals surface area contributed by atoms with Crippen molar-refractivity contribution in [2.75, 3.05) is 26.7 Å². The van der Waals surface area contributed by atoms with Crippen LogP contribution in [0.25, 0.3) is 0 Å². The third-order valence-corrected chi connectivity index (χ3v) is 6.03. The molecule has 6 heteroatoms. The second kappa shape index (κ2) is 14.0. The molecule has 0 aliphatic rings. The van der Waals surface area contributed by atoms with Crippen LogP contribution in [0.5, 0.6) is 0 Å². The summed E-state index contributed by atoms with van der Waals surface area (Å²) in [6.45, 7) is 2.69. The van der Waals surface area contributed by atoms with Crippen LogP contribution >= 0.6 is 0 Å². The number of hydrogen-bond donors (Lipinski definition) is 2. The lowest BCUT2D eigenvalue weighted by Crippen LogP contribution is -2.43. The molecule has 1 amide bonds. The van der Waals surface area contributed by atoms with Gasteiger partial charge >= 0.3 is 5.97 Å². The molecule has 0 aromatic heterocycles. The molecule has 3 aromatic carbocycles. The zero-order valence-electron chi connectivity index (χ0n) is 20.3. The Morgan fingerprint density at radius 3 is 1.97 bits per heavy atom. The monoisotopic (exact) mass is 473 g/mol. The van der Waals surface area contributed by atoms with Crippen LogP contribution in [0.15, 0.2) is 91.0 Å². The van der Waals surface area contributed by atoms with Gasteiger partial charge in [-0.05, 0) is 36.1 Å². The topological polar surface area (TPSA) is 72.9 Å². The van der Waals surface area contributed by atoms with Gasteiger partial charge in [0.2, 0.25) is 5.91 Å². The number of aliphatic carboxylic acids is 1. The molecule has 184 valence electrons. The van der Waals surface area contributed by atoms with Crippen LogP contribution in [-0.2, 0) is 22.6 Å². The van der Waals surface area contributed by atoms with E-state index in [1.165, 1.54) is 5.56 Å². The number of aryl methyl sites for hydroxylation is 1. The molecular weight excluding hydrogens is 438 g/mol. The highest BCUT2D eigenvalue weighted by molar-refractivity contribution is 5.76. The Morgan fingerprint density at radius 2 is 1.37 bits per heavy atom. The summed E-state index contributed by atoms with van der Waals surface area (Å²) in [4.78, 5) is 26.6. The van der Waals surface area contributed by atoms with E-state index in [9.17, 15) is 14.7 Å². The van der Waals surface area contributed by atoms with Crippen LogP contribution in [0.4, 0.5) is 0 Å². The summed E-state index contributed by atoms with van der Waals surface area (Å²) in [5, 5.41) is 11.6. The SMILES string of the molecule is CN(CCN(CC[C@H](C(=O)O)c1ccccc1)Cc1ccccc1)NC(=O)CCc1ccccc1. The van der Waals surface area contributed by atoms with E-state index in [1.54, 1.807) is 0 Å². The maximum Gasteiger partial charge on any atom is 0.311 e. The minimum Gasteiger partial charge on any atom is -0.481 e. The lowest BCUT2D eigenvalue weighted by Gasteiger charge is -2.27. The lowest BCUT2D eigenvalue weighted by atomic mass is 9.95. The number of carboxylic acids is 1. The number of amides is 1. The quantitative estimate of drug-likeness (QED) is 0.341. The van der Waals surface area contributed by atoms with Crippen LogP contribution in [0.3, 0.4) is 0 Å². The number of hydrazine groups is 1. The van der Waals surface area contributed by atoms with Crippen LogP contribution in [-0.4, -0.2) is 53.6 Å². The summed E-state index contributed by atoms with van der Waals surface area (Å²) in [5.74, 6) is -1.37. The fourth-order valence-corrected chi connectivity index (χ4v) is 4.06. The zero-order valence-corrected chi connectivity index (χ0v) is 20.3. The average molecular weight is 474 g/mol. The van der Waals surface area contributed by atoms with Crippen molar-refractivity contribution in [1.82, 2.24) is 15.3 Å². The largest absolute Gasteiger partial charge is 0.481 e. The van der Waals surface area contributed by atoms with E-state index >= 15 is 0 Å². The normalized spacial score (nSPS) is 12.0. The number of rotatable bonds is 14. The molecule has 0 saturated heterocycles. The van der Waals surface area contributed by atoms with Gasteiger partial charge in [-0.25, -0.2) is 5.01 Å². The van der Waals surface area contributed by atoms with Gasteiger partial charge in [-0.3, -0.25) is 19.9 Å². The molecule has 0 radical (unpaired) electrons. The number of nitrogens with zero attached hydrogens (tertiary/aromatic N) is 2. The summed E-state index contributed by atoms with van der Waals surface area (Å²) >= 11 is 0. The van der Waals surface area contributed by atoms with Gasteiger partial charge in [-0.1, -0.05) is 91.0 Å². The first kappa shape index (κ1) is 26.1. The molecule has 3 aromatic rings. The minimum absolute atomic E-state index is 0.0130. The molecule has 2 N–H and O–H groups in total. The number of hydrogen-bond acceptors (Lipinski definition) is 4. The Kier molecular flexibility index (Phi) is 10.5. The lowest BCUT2D eigenvalue weighted by molar-refractivity contribution is -0.139. The minimum atomic E-state index is -0.807. The van der Waals surface area contributed by atoms with Gasteiger partial charge in [0.05, 0.1) is 5.92 Å². The van der Waals surface area contributed by atoms with Gasteiger partial charge in [-0.15, -0.1) is 0 Å². The van der Waals surface area contributed by atoms with Crippen LogP contribution in [0.2, 0.25) is 0 Å². The third kappa shape index (κ3) is 9.35. The highest BCUT2D eigenvalue weighted by Gasteiger charge is 2.21. The van der Waals surface area contributed by atoms with Crippen LogP contribution < -0.4 is 5.43 Å². The van der Waals surface area contributed by atoms with E-state index in [-0.39, 0.29) is 5.91 Å². The molecule has 35 heavy (non-hydrogen) atoms. The first-order chi connectivity index (χ1) is 17.0. The molecule has 0 unspecified atom stereocenters. The van der Waals surface area contributed by atoms with Crippen molar-refractivity contribution in [3.8, 4) is 0 Å². The van der Waals surface area contributed by atoms with E-state index in [0.29, 0.717) is 38.9 Å². The van der Waals surface area contributed by atoms with E-state index < -0.39 is 11.9 Å². The first-order valence-electron chi connectivity index (χ1n) is 12.1. The van der Waals surface area contributed by atoms with Gasteiger partial charge in [0.1, 0.15) is 0 Å². The molecule has 0 aliphatic heterocycles. The molecule has 0 aliphatic carbocycles. The van der Waals surface area contributed by atoms with Crippen molar-refractivity contribution in [2.45, 2.75) is 31.7 Å². The smallest absolute Gasteiger partial charge is 0.311 e. The molecule has 6 nitrogen and oxygen atoms in total. The molecule has 1 atom stereocenters. The fourth-order valence-electron chi connectivity index (χ4n) is 4.06. The molecule has 0 spiro atoms. The maximum absolute atomic E-state index is 12.4. The van der Waals surface area contributed by atoms with Crippen molar-refractivity contribution in [2.24, 2.45) is 0 Å². The summed E-state index contributed by atoms with van der Waals surface area (Å²) in [5.41, 5.74) is 6.09. The Hall–Kier alpha value is -3.48. The number of benzene rings is 3. The van der Waals surface area contributed by atoms with Gasteiger partial charge in [0.25, 0.3) is 0 Å². The van der Waals surface area contributed by atoms with Gasteiger partial charge in [-0.2, -0.15) is 0 Å². The highest BCUT2D eigenvalue weighted by atomic mass is 16.4. The third-order valence-electron chi connectivity index (χ3n) is 6.03. The molecule has 0 fully saturated rings. The van der Waals surface area contributed by atoms with Crippen molar-refractivity contribution >= 4 is 11.9 Å². The number of nitrogens with one attached hydrogen (secondary N) is 1. The van der Waals surface area contributed by atoms with Crippen molar-refractivity contribution in [1.29, 1.82) is 0 Å². The van der Waals surface area contributed by atoms with E-state index in [1.807, 2.05) is 90.9 Å². The second-order valence-electron chi connectivity index (χ2n) is 8.79. The number of carbonyl (C=O) groups is 2. The van der Waals surface area contributed by atoms with Gasteiger partial charge < -0.3 is 5.11 Å². The molecule has 3 rings (SSSR count). The predicted molar refractivity (Wildman–Crippen MR) is 139 cm³/mol. The van der Waals surface area contributed by atoms with E-state index in [2.05, 4.69) is 22.5 Å². The standard InChI is InChI=1S/C29H35N3O3/c1-31(30-28(33)18-17-24-11-5-2-6-12-24)21-22-32(23-25-13-7-3-8-14-25)20-19-27(29(34)35)26-15-9-4-10-16-26/h2-16,27H,17-23H2,1H3,(H,30,33)(H,34,35)/t27-/m0/s1. The summed E-state index contributed by atoms with van der Waals surface area (Å²) in [7, 11) is 1.87. The summed E-state index contributed by atoms with van der Waals surface area (Å²) < 4.78 is 0.